The lowest BCUT2D eigenvalue weighted by molar-refractivity contribution is -0.137. The molecule has 0 spiro atoms. The molecular formula is C15H23Cl2F3N2. The second-order valence-corrected chi connectivity index (χ2v) is 5.69. The summed E-state index contributed by atoms with van der Waals surface area (Å²) in [5.41, 5.74) is -0.210. The van der Waals surface area contributed by atoms with Crippen molar-refractivity contribution in [2.45, 2.75) is 37.5 Å². The fraction of sp³-hybridized carbons (Fsp3) is 0.600. The zero-order chi connectivity index (χ0) is 15.0. The molecule has 2 atom stereocenters. The number of hydrogen-bond acceptors (Lipinski definition) is 2. The summed E-state index contributed by atoms with van der Waals surface area (Å²) in [6.45, 7) is 2.98. The molecule has 0 aromatic heterocycles. The molecule has 0 radical (unpaired) electrons. The largest absolute Gasteiger partial charge is 0.416 e. The van der Waals surface area contributed by atoms with Crippen molar-refractivity contribution in [3.8, 4) is 0 Å². The van der Waals surface area contributed by atoms with Crippen LogP contribution in [-0.2, 0) is 11.7 Å². The first-order chi connectivity index (χ1) is 9.28. The van der Waals surface area contributed by atoms with E-state index >= 15 is 0 Å². The fourth-order valence-electron chi connectivity index (χ4n) is 2.98. The van der Waals surface area contributed by atoms with Crippen LogP contribution in [0, 0.1) is 0 Å². The molecular weight excluding hydrogens is 336 g/mol. The quantitative estimate of drug-likeness (QED) is 0.856. The summed E-state index contributed by atoms with van der Waals surface area (Å²) in [4.78, 5) is 2.24. The Kier molecular flexibility index (Phi) is 7.69. The monoisotopic (exact) mass is 358 g/mol. The van der Waals surface area contributed by atoms with Crippen molar-refractivity contribution in [2.24, 2.45) is 0 Å². The minimum atomic E-state index is -4.29. The van der Waals surface area contributed by atoms with Crippen LogP contribution in [-0.4, -0.2) is 31.6 Å². The van der Waals surface area contributed by atoms with Gasteiger partial charge >= 0.3 is 6.18 Å². The lowest BCUT2D eigenvalue weighted by Crippen LogP contribution is -2.52. The van der Waals surface area contributed by atoms with Crippen LogP contribution in [0.4, 0.5) is 13.2 Å². The summed E-state index contributed by atoms with van der Waals surface area (Å²) in [5, 5.41) is 3.27. The Balaban J connectivity index is 0.00000220. The molecule has 2 unspecified atom stereocenters. The topological polar surface area (TPSA) is 15.3 Å². The summed E-state index contributed by atoms with van der Waals surface area (Å²) in [5.74, 6) is 0. The van der Waals surface area contributed by atoms with Gasteiger partial charge < -0.3 is 10.2 Å². The van der Waals surface area contributed by atoms with Crippen LogP contribution in [0.3, 0.4) is 0 Å². The Morgan fingerprint density at radius 2 is 1.91 bits per heavy atom. The Labute approximate surface area is 142 Å². The Bertz CT molecular complexity index is 482. The number of alkyl halides is 3. The van der Waals surface area contributed by atoms with Gasteiger partial charge in [-0.25, -0.2) is 0 Å². The molecule has 1 aliphatic rings. The van der Waals surface area contributed by atoms with Gasteiger partial charge in [0.25, 0.3) is 0 Å². The molecule has 1 heterocycles. The summed E-state index contributed by atoms with van der Waals surface area (Å²) < 4.78 is 38.6. The zero-order valence-electron chi connectivity index (χ0n) is 12.9. The number of nitrogens with one attached hydrogen (secondary N) is 1. The summed E-state index contributed by atoms with van der Waals surface area (Å²) in [6.07, 6.45) is -2.67. The third kappa shape index (κ3) is 4.28. The van der Waals surface area contributed by atoms with Crippen molar-refractivity contribution in [1.29, 1.82) is 0 Å². The number of rotatable bonds is 2. The van der Waals surface area contributed by atoms with Gasteiger partial charge in [-0.05, 0) is 51.6 Å². The highest BCUT2D eigenvalue weighted by atomic mass is 35.5. The van der Waals surface area contributed by atoms with E-state index in [0.29, 0.717) is 6.04 Å². The molecule has 1 fully saturated rings. The molecule has 0 aliphatic carbocycles. The van der Waals surface area contributed by atoms with E-state index in [1.807, 2.05) is 7.05 Å². The van der Waals surface area contributed by atoms with Crippen molar-refractivity contribution < 1.29 is 13.2 Å². The molecule has 128 valence electrons. The Morgan fingerprint density at radius 1 is 1.27 bits per heavy atom. The van der Waals surface area contributed by atoms with E-state index in [-0.39, 0.29) is 30.4 Å². The summed E-state index contributed by atoms with van der Waals surface area (Å²) in [6, 6.07) is 6.05. The Morgan fingerprint density at radius 3 is 2.41 bits per heavy atom. The van der Waals surface area contributed by atoms with Crippen LogP contribution in [0.2, 0.25) is 0 Å². The van der Waals surface area contributed by atoms with Gasteiger partial charge in [0.2, 0.25) is 0 Å². The summed E-state index contributed by atoms with van der Waals surface area (Å²) in [7, 11) is 3.88. The first kappa shape index (κ1) is 21.5. The molecule has 0 amide bonds. The van der Waals surface area contributed by atoms with E-state index in [9.17, 15) is 13.2 Å². The predicted molar refractivity (Wildman–Crippen MR) is 88.0 cm³/mol. The van der Waals surface area contributed by atoms with Crippen molar-refractivity contribution >= 4 is 24.8 Å². The SMILES string of the molecule is CNC1(c2cccc(C(F)(F)F)c2)CCN(C)C(C)C1.Cl.Cl. The Hall–Kier alpha value is -0.490. The highest BCUT2D eigenvalue weighted by Gasteiger charge is 2.39. The molecule has 1 aliphatic heterocycles. The van der Waals surface area contributed by atoms with Gasteiger partial charge in [-0.3, -0.25) is 0 Å². The third-order valence-electron chi connectivity index (χ3n) is 4.51. The maximum Gasteiger partial charge on any atom is 0.416 e. The number of hydrogen-bond donors (Lipinski definition) is 1. The lowest BCUT2D eigenvalue weighted by atomic mass is 9.78. The van der Waals surface area contributed by atoms with Crippen molar-refractivity contribution in [2.75, 3.05) is 20.6 Å². The van der Waals surface area contributed by atoms with E-state index in [0.717, 1.165) is 31.0 Å². The van der Waals surface area contributed by atoms with Crippen LogP contribution >= 0.6 is 24.8 Å². The molecule has 0 bridgehead atoms. The van der Waals surface area contributed by atoms with E-state index < -0.39 is 11.7 Å². The highest BCUT2D eigenvalue weighted by molar-refractivity contribution is 5.85. The molecule has 1 aromatic carbocycles. The molecule has 1 aromatic rings. The number of piperidine rings is 1. The zero-order valence-corrected chi connectivity index (χ0v) is 14.5. The van der Waals surface area contributed by atoms with Gasteiger partial charge in [0.05, 0.1) is 5.56 Å². The standard InChI is InChI=1S/C15H21F3N2.2ClH/c1-11-10-14(19-2,7-8-20(11)3)12-5-4-6-13(9-12)15(16,17)18;;/h4-6,9,11,19H,7-8,10H2,1-3H3;2*1H. The maximum atomic E-state index is 12.9. The van der Waals surface area contributed by atoms with E-state index in [1.54, 1.807) is 6.07 Å². The van der Waals surface area contributed by atoms with Gasteiger partial charge in [-0.15, -0.1) is 24.8 Å². The van der Waals surface area contributed by atoms with Gasteiger partial charge in [-0.1, -0.05) is 12.1 Å². The molecule has 2 nitrogen and oxygen atoms in total. The highest BCUT2D eigenvalue weighted by Crippen LogP contribution is 2.38. The first-order valence-corrected chi connectivity index (χ1v) is 6.85. The van der Waals surface area contributed by atoms with Crippen LogP contribution in [0.15, 0.2) is 24.3 Å². The second-order valence-electron chi connectivity index (χ2n) is 5.69. The fourth-order valence-corrected chi connectivity index (χ4v) is 2.98. The molecule has 1 N–H and O–H groups in total. The number of nitrogens with zero attached hydrogens (tertiary/aromatic N) is 1. The van der Waals surface area contributed by atoms with E-state index in [1.165, 1.54) is 12.1 Å². The molecule has 7 heteroatoms. The first-order valence-electron chi connectivity index (χ1n) is 6.85. The van der Waals surface area contributed by atoms with Crippen molar-refractivity contribution in [1.82, 2.24) is 10.2 Å². The maximum absolute atomic E-state index is 12.9. The smallest absolute Gasteiger partial charge is 0.310 e. The van der Waals surface area contributed by atoms with Crippen LogP contribution in [0.1, 0.15) is 30.9 Å². The van der Waals surface area contributed by atoms with Gasteiger partial charge in [0.1, 0.15) is 0 Å². The number of benzene rings is 1. The van der Waals surface area contributed by atoms with E-state index in [4.69, 9.17) is 0 Å². The van der Waals surface area contributed by atoms with Crippen LogP contribution < -0.4 is 5.32 Å². The van der Waals surface area contributed by atoms with Crippen molar-refractivity contribution in [3.05, 3.63) is 35.4 Å². The minimum Gasteiger partial charge on any atom is -0.310 e. The average molecular weight is 359 g/mol. The van der Waals surface area contributed by atoms with Crippen LogP contribution in [0.5, 0.6) is 0 Å². The van der Waals surface area contributed by atoms with E-state index in [2.05, 4.69) is 24.2 Å². The lowest BCUT2D eigenvalue weighted by Gasteiger charge is -2.45. The predicted octanol–water partition coefficient (Wildman–Crippen LogP) is 4.08. The van der Waals surface area contributed by atoms with Gasteiger partial charge in [0.15, 0.2) is 0 Å². The number of halogens is 5. The number of likely N-dealkylation sites (tertiary alicyclic amines) is 1. The van der Waals surface area contributed by atoms with Gasteiger partial charge in [-0.2, -0.15) is 13.2 Å². The summed E-state index contributed by atoms with van der Waals surface area (Å²) >= 11 is 0. The molecule has 2 rings (SSSR count). The average Bonchev–Trinajstić information content (AvgIpc) is 2.41. The molecule has 22 heavy (non-hydrogen) atoms. The second kappa shape index (κ2) is 7.86. The minimum absolute atomic E-state index is 0. The third-order valence-corrected chi connectivity index (χ3v) is 4.51. The molecule has 1 saturated heterocycles. The van der Waals surface area contributed by atoms with Crippen molar-refractivity contribution in [3.63, 3.8) is 0 Å². The van der Waals surface area contributed by atoms with Gasteiger partial charge in [0, 0.05) is 18.1 Å². The molecule has 0 saturated carbocycles. The van der Waals surface area contributed by atoms with Crippen LogP contribution in [0.25, 0.3) is 0 Å². The normalized spacial score (nSPS) is 26.0.